The van der Waals surface area contributed by atoms with Crippen LogP contribution >= 0.6 is 12.4 Å². The maximum Gasteiger partial charge on any atom is 0.230 e. The van der Waals surface area contributed by atoms with Crippen LogP contribution < -0.4 is 5.73 Å². The van der Waals surface area contributed by atoms with Crippen molar-refractivity contribution in [3.63, 3.8) is 0 Å². The number of aryl methyl sites for hydroxylation is 1. The van der Waals surface area contributed by atoms with Crippen molar-refractivity contribution >= 4 is 18.3 Å². The minimum atomic E-state index is 0. The maximum atomic E-state index is 13.1. The van der Waals surface area contributed by atoms with E-state index in [1.165, 1.54) is 11.1 Å². The molecule has 1 aromatic carbocycles. The summed E-state index contributed by atoms with van der Waals surface area (Å²) in [6.45, 7) is 1.28. The molecule has 2 N–H and O–H groups in total. The summed E-state index contributed by atoms with van der Waals surface area (Å²) in [7, 11) is 1.74. The van der Waals surface area contributed by atoms with Crippen molar-refractivity contribution in [2.75, 3.05) is 20.2 Å². The van der Waals surface area contributed by atoms with Crippen LogP contribution in [0.1, 0.15) is 42.7 Å². The molecule has 1 saturated heterocycles. The summed E-state index contributed by atoms with van der Waals surface area (Å²) in [5, 5.41) is 0. The Balaban J connectivity index is 0.00000192. The quantitative estimate of drug-likeness (QED) is 0.921. The van der Waals surface area contributed by atoms with E-state index in [0.29, 0.717) is 6.54 Å². The predicted molar refractivity (Wildman–Crippen MR) is 94.0 cm³/mol. The molecule has 3 rings (SSSR count). The number of ether oxygens (including phenoxy) is 1. The molecule has 1 aromatic rings. The number of carbonyl (C=O) groups excluding carboxylic acids is 1. The van der Waals surface area contributed by atoms with Gasteiger partial charge in [0.15, 0.2) is 0 Å². The van der Waals surface area contributed by atoms with Gasteiger partial charge in [0.25, 0.3) is 0 Å². The second-order valence-corrected chi connectivity index (χ2v) is 6.45. The number of likely N-dealkylation sites (tertiary alicyclic amines) is 1. The summed E-state index contributed by atoms with van der Waals surface area (Å²) in [4.78, 5) is 15.1. The molecule has 1 aliphatic heterocycles. The normalized spacial score (nSPS) is 27.0. The number of hydrogen-bond donors (Lipinski definition) is 1. The van der Waals surface area contributed by atoms with Gasteiger partial charge in [-0.3, -0.25) is 4.79 Å². The first-order chi connectivity index (χ1) is 10.7. The summed E-state index contributed by atoms with van der Waals surface area (Å²) in [6, 6.07) is 8.50. The molecular formula is C18H27ClN2O2. The highest BCUT2D eigenvalue weighted by Gasteiger charge is 2.36. The molecule has 4 nitrogen and oxygen atoms in total. The van der Waals surface area contributed by atoms with Crippen LogP contribution in [0.3, 0.4) is 0 Å². The lowest BCUT2D eigenvalue weighted by Crippen LogP contribution is -2.52. The number of amides is 1. The third kappa shape index (κ3) is 3.70. The van der Waals surface area contributed by atoms with Gasteiger partial charge in [-0.25, -0.2) is 0 Å². The van der Waals surface area contributed by atoms with Gasteiger partial charge in [-0.05, 0) is 43.2 Å². The minimum Gasteiger partial charge on any atom is -0.381 e. The average molecular weight is 339 g/mol. The van der Waals surface area contributed by atoms with Gasteiger partial charge in [-0.15, -0.1) is 12.4 Å². The highest BCUT2D eigenvalue weighted by Crippen LogP contribution is 2.34. The molecule has 23 heavy (non-hydrogen) atoms. The van der Waals surface area contributed by atoms with Gasteiger partial charge in [-0.1, -0.05) is 24.3 Å². The molecule has 5 heteroatoms. The molecule has 2 aliphatic rings. The molecule has 3 unspecified atom stereocenters. The molecule has 0 bridgehead atoms. The monoisotopic (exact) mass is 338 g/mol. The Labute approximate surface area is 144 Å². The topological polar surface area (TPSA) is 55.6 Å². The van der Waals surface area contributed by atoms with Crippen LogP contribution in [0.15, 0.2) is 24.3 Å². The zero-order chi connectivity index (χ0) is 15.5. The number of piperidine rings is 1. The minimum absolute atomic E-state index is 0. The Morgan fingerprint density at radius 1 is 1.35 bits per heavy atom. The van der Waals surface area contributed by atoms with E-state index >= 15 is 0 Å². The van der Waals surface area contributed by atoms with Crippen molar-refractivity contribution in [1.29, 1.82) is 0 Å². The summed E-state index contributed by atoms with van der Waals surface area (Å²) in [5.74, 6) is 0.273. The van der Waals surface area contributed by atoms with Crippen LogP contribution in [-0.2, 0) is 16.0 Å². The van der Waals surface area contributed by atoms with E-state index in [4.69, 9.17) is 10.5 Å². The molecule has 1 aliphatic carbocycles. The van der Waals surface area contributed by atoms with E-state index in [0.717, 1.165) is 38.6 Å². The Morgan fingerprint density at radius 3 is 2.87 bits per heavy atom. The molecule has 3 atom stereocenters. The molecule has 0 aromatic heterocycles. The fraction of sp³-hybridized carbons (Fsp3) is 0.611. The molecule has 1 fully saturated rings. The van der Waals surface area contributed by atoms with Crippen molar-refractivity contribution in [3.05, 3.63) is 35.4 Å². The largest absolute Gasteiger partial charge is 0.381 e. The van der Waals surface area contributed by atoms with Crippen LogP contribution in [0.25, 0.3) is 0 Å². The number of halogens is 1. The Hall–Kier alpha value is -1.10. The van der Waals surface area contributed by atoms with E-state index in [2.05, 4.69) is 18.2 Å². The number of fused-ring (bicyclic) bond motifs is 1. The van der Waals surface area contributed by atoms with E-state index in [-0.39, 0.29) is 36.4 Å². The first-order valence-electron chi connectivity index (χ1n) is 8.35. The first kappa shape index (κ1) is 18.2. The Morgan fingerprint density at radius 2 is 2.13 bits per heavy atom. The SMILES string of the molecule is COC1CCN(C(=O)C2CCCc3ccccc32)C(CN)C1.Cl. The van der Waals surface area contributed by atoms with Crippen molar-refractivity contribution < 1.29 is 9.53 Å². The molecule has 1 heterocycles. The van der Waals surface area contributed by atoms with Gasteiger partial charge in [0, 0.05) is 26.2 Å². The van der Waals surface area contributed by atoms with Gasteiger partial charge in [0.2, 0.25) is 5.91 Å². The van der Waals surface area contributed by atoms with Crippen LogP contribution in [0.5, 0.6) is 0 Å². The standard InChI is InChI=1S/C18H26N2O2.ClH/c1-22-15-9-10-20(14(11-15)12-19)18(21)17-8-4-6-13-5-2-3-7-16(13)17;/h2-3,5,7,14-15,17H,4,6,8-12,19H2,1H3;1H. The Bertz CT molecular complexity index is 538. The van der Waals surface area contributed by atoms with E-state index in [9.17, 15) is 4.79 Å². The van der Waals surface area contributed by atoms with Gasteiger partial charge in [0.05, 0.1) is 12.0 Å². The fourth-order valence-electron chi connectivity index (χ4n) is 3.95. The zero-order valence-corrected chi connectivity index (χ0v) is 14.6. The van der Waals surface area contributed by atoms with Gasteiger partial charge < -0.3 is 15.4 Å². The van der Waals surface area contributed by atoms with Crippen LogP contribution in [0, 0.1) is 0 Å². The molecule has 0 saturated carbocycles. The maximum absolute atomic E-state index is 13.1. The number of nitrogens with two attached hydrogens (primary N) is 1. The summed E-state index contributed by atoms with van der Waals surface area (Å²) >= 11 is 0. The number of benzene rings is 1. The van der Waals surface area contributed by atoms with Crippen molar-refractivity contribution in [2.24, 2.45) is 5.73 Å². The lowest BCUT2D eigenvalue weighted by Gasteiger charge is -2.41. The zero-order valence-electron chi connectivity index (χ0n) is 13.7. The van der Waals surface area contributed by atoms with Crippen molar-refractivity contribution in [2.45, 2.75) is 50.2 Å². The molecule has 0 spiro atoms. The third-order valence-electron chi connectivity index (χ3n) is 5.22. The molecular weight excluding hydrogens is 312 g/mol. The lowest BCUT2D eigenvalue weighted by molar-refractivity contribution is -0.138. The van der Waals surface area contributed by atoms with Crippen molar-refractivity contribution in [3.8, 4) is 0 Å². The number of methoxy groups -OCH3 is 1. The van der Waals surface area contributed by atoms with Gasteiger partial charge >= 0.3 is 0 Å². The van der Waals surface area contributed by atoms with Crippen LogP contribution in [-0.4, -0.2) is 43.2 Å². The summed E-state index contributed by atoms with van der Waals surface area (Å²) in [6.07, 6.45) is 5.13. The molecule has 0 radical (unpaired) electrons. The van der Waals surface area contributed by atoms with Gasteiger partial charge in [0.1, 0.15) is 0 Å². The Kier molecular flexibility index (Phi) is 6.45. The third-order valence-corrected chi connectivity index (χ3v) is 5.22. The van der Waals surface area contributed by atoms with E-state index in [1.54, 1.807) is 7.11 Å². The van der Waals surface area contributed by atoms with Crippen LogP contribution in [0.2, 0.25) is 0 Å². The second kappa shape index (κ2) is 8.13. The van der Waals surface area contributed by atoms with E-state index in [1.807, 2.05) is 11.0 Å². The van der Waals surface area contributed by atoms with Crippen LogP contribution in [0.4, 0.5) is 0 Å². The summed E-state index contributed by atoms with van der Waals surface area (Å²) in [5.41, 5.74) is 8.48. The predicted octanol–water partition coefficient (Wildman–Crippen LogP) is 2.49. The second-order valence-electron chi connectivity index (χ2n) is 6.45. The fourth-order valence-corrected chi connectivity index (χ4v) is 3.95. The number of nitrogens with zero attached hydrogens (tertiary/aromatic N) is 1. The highest BCUT2D eigenvalue weighted by molar-refractivity contribution is 5.85. The number of hydrogen-bond acceptors (Lipinski definition) is 3. The van der Waals surface area contributed by atoms with E-state index < -0.39 is 0 Å². The summed E-state index contributed by atoms with van der Waals surface area (Å²) < 4.78 is 5.46. The van der Waals surface area contributed by atoms with Gasteiger partial charge in [-0.2, -0.15) is 0 Å². The highest BCUT2D eigenvalue weighted by atomic mass is 35.5. The number of rotatable bonds is 3. The average Bonchev–Trinajstić information content (AvgIpc) is 2.60. The lowest BCUT2D eigenvalue weighted by atomic mass is 9.81. The molecule has 128 valence electrons. The van der Waals surface area contributed by atoms with Crippen molar-refractivity contribution in [1.82, 2.24) is 4.90 Å². The number of carbonyl (C=O) groups is 1. The molecule has 1 amide bonds. The smallest absolute Gasteiger partial charge is 0.230 e. The first-order valence-corrected chi connectivity index (χ1v) is 8.35.